The third-order valence-electron chi connectivity index (χ3n) is 7.82. The summed E-state index contributed by atoms with van der Waals surface area (Å²) in [5, 5.41) is 13.9. The zero-order valence-corrected chi connectivity index (χ0v) is 22.3. The fourth-order valence-corrected chi connectivity index (χ4v) is 5.43. The number of alkyl halides is 3. The van der Waals surface area contributed by atoms with Gasteiger partial charge < -0.3 is 19.9 Å². The lowest BCUT2D eigenvalue weighted by molar-refractivity contribution is -0.137. The summed E-state index contributed by atoms with van der Waals surface area (Å²) in [6.07, 6.45) is 0.748. The van der Waals surface area contributed by atoms with Gasteiger partial charge in [-0.2, -0.15) is 13.2 Å². The predicted molar refractivity (Wildman–Crippen MR) is 143 cm³/mol. The normalized spacial score (nSPS) is 23.7. The molecule has 2 N–H and O–H groups in total. The minimum atomic E-state index is -4.56. The number of benzene rings is 1. The minimum Gasteiger partial charge on any atom is -0.389 e. The van der Waals surface area contributed by atoms with Crippen molar-refractivity contribution in [1.82, 2.24) is 15.2 Å². The van der Waals surface area contributed by atoms with Crippen LogP contribution in [0, 0.1) is 0 Å². The van der Waals surface area contributed by atoms with Crippen LogP contribution in [0.2, 0.25) is 0 Å². The first-order chi connectivity index (χ1) is 19.1. The zero-order valence-electron chi connectivity index (χ0n) is 22.3. The van der Waals surface area contributed by atoms with Crippen LogP contribution in [0.3, 0.4) is 0 Å². The molecular formula is C29H33F3N4O4. The molecule has 1 unspecified atom stereocenters. The number of pyridine rings is 1. The second kappa shape index (κ2) is 11.4. The average molecular weight is 559 g/mol. The largest absolute Gasteiger partial charge is 0.416 e. The molecule has 1 aromatic carbocycles. The predicted octanol–water partition coefficient (Wildman–Crippen LogP) is 3.85. The number of nitrogens with zero attached hydrogens (tertiary/aromatic N) is 3. The molecule has 3 aliphatic heterocycles. The fraction of sp³-hybridized carbons (Fsp3) is 0.483. The lowest BCUT2D eigenvalue weighted by Gasteiger charge is -2.45. The lowest BCUT2D eigenvalue weighted by atomic mass is 9.88. The van der Waals surface area contributed by atoms with Gasteiger partial charge >= 0.3 is 6.18 Å². The first-order valence-electron chi connectivity index (χ1n) is 13.4. The average Bonchev–Trinajstić information content (AvgIpc) is 2.95. The molecule has 0 saturated carbocycles. The summed E-state index contributed by atoms with van der Waals surface area (Å²) in [4.78, 5) is 24.7. The van der Waals surface area contributed by atoms with Gasteiger partial charge in [-0.05, 0) is 55.2 Å². The molecular weight excluding hydrogens is 525 g/mol. The minimum absolute atomic E-state index is 0.0826. The Hall–Kier alpha value is -3.12. The summed E-state index contributed by atoms with van der Waals surface area (Å²) < 4.78 is 50.8. The maximum atomic E-state index is 13.4. The van der Waals surface area contributed by atoms with Gasteiger partial charge in [-0.1, -0.05) is 12.1 Å². The number of aromatic nitrogens is 1. The highest BCUT2D eigenvalue weighted by Gasteiger charge is 2.41. The fourth-order valence-electron chi connectivity index (χ4n) is 5.43. The van der Waals surface area contributed by atoms with Crippen LogP contribution in [-0.2, 0) is 22.1 Å². The zero-order chi connectivity index (χ0) is 28.4. The second-order valence-electron chi connectivity index (χ2n) is 10.6. The van der Waals surface area contributed by atoms with E-state index in [1.807, 2.05) is 24.0 Å². The monoisotopic (exact) mass is 558 g/mol. The molecule has 1 aromatic heterocycles. The molecule has 5 rings (SSSR count). The van der Waals surface area contributed by atoms with Gasteiger partial charge in [0.2, 0.25) is 0 Å². The quantitative estimate of drug-likeness (QED) is 0.560. The van der Waals surface area contributed by atoms with Crippen LogP contribution in [0.5, 0.6) is 0 Å². The van der Waals surface area contributed by atoms with Crippen LogP contribution in [-0.4, -0.2) is 77.9 Å². The number of hydrogen-bond donors (Lipinski definition) is 2. The van der Waals surface area contributed by atoms with Gasteiger partial charge in [0.1, 0.15) is 5.66 Å². The van der Waals surface area contributed by atoms with Gasteiger partial charge in [0.25, 0.3) is 5.91 Å². The maximum Gasteiger partial charge on any atom is 0.416 e. The van der Waals surface area contributed by atoms with Crippen LogP contribution < -0.4 is 5.32 Å². The molecule has 0 radical (unpaired) electrons. The Bertz CT molecular complexity index is 1280. The third-order valence-corrected chi connectivity index (χ3v) is 7.82. The molecule has 3 aliphatic rings. The first-order valence-corrected chi connectivity index (χ1v) is 13.4. The molecule has 0 aliphatic carbocycles. The standard InChI is InChI=1S/C29H33F3N4O4/c1-20-25(22-5-6-24(33-18-22)16-27(38)7-11-39-12-8-27)17-28(19-34-20,36-9-13-40-14-10-36)35-26(37)21-3-2-4-23(15-21)29(30,31)32/h2-6,15,18-19,38H,7-14,16-17H2,1H3,(H,35,37). The maximum absolute atomic E-state index is 13.4. The van der Waals surface area contributed by atoms with Crippen molar-refractivity contribution >= 4 is 17.7 Å². The Morgan fingerprint density at radius 2 is 1.82 bits per heavy atom. The molecule has 0 spiro atoms. The molecule has 2 aromatic rings. The van der Waals surface area contributed by atoms with Crippen molar-refractivity contribution < 1.29 is 32.5 Å². The highest BCUT2D eigenvalue weighted by Crippen LogP contribution is 2.35. The number of aliphatic hydroxyl groups is 1. The number of ether oxygens (including phenoxy) is 2. The van der Waals surface area contributed by atoms with E-state index >= 15 is 0 Å². The summed E-state index contributed by atoms with van der Waals surface area (Å²) in [5.74, 6) is -0.624. The summed E-state index contributed by atoms with van der Waals surface area (Å²) >= 11 is 0. The summed E-state index contributed by atoms with van der Waals surface area (Å²) in [6, 6.07) is 8.22. The van der Waals surface area contributed by atoms with Crippen molar-refractivity contribution in [1.29, 1.82) is 0 Å². The molecule has 4 heterocycles. The Kier molecular flexibility index (Phi) is 8.10. The molecule has 1 atom stereocenters. The number of nitrogens with one attached hydrogen (secondary N) is 1. The van der Waals surface area contributed by atoms with E-state index in [2.05, 4.69) is 15.3 Å². The number of halogens is 3. The number of rotatable bonds is 6. The van der Waals surface area contributed by atoms with E-state index in [9.17, 15) is 23.1 Å². The van der Waals surface area contributed by atoms with Crippen molar-refractivity contribution in [3.8, 4) is 0 Å². The molecule has 1 amide bonds. The Labute approximate surface area is 230 Å². The van der Waals surface area contributed by atoms with Gasteiger partial charge in [0, 0.05) is 68.5 Å². The van der Waals surface area contributed by atoms with Crippen LogP contribution in [0.25, 0.3) is 5.57 Å². The van der Waals surface area contributed by atoms with Crippen molar-refractivity contribution in [3.05, 3.63) is 70.7 Å². The number of allylic oxidation sites excluding steroid dienone is 1. The first kappa shape index (κ1) is 28.4. The van der Waals surface area contributed by atoms with Crippen LogP contribution in [0.4, 0.5) is 13.2 Å². The van der Waals surface area contributed by atoms with Gasteiger partial charge in [0.15, 0.2) is 0 Å². The number of aliphatic imine (C=N–C) groups is 1. The van der Waals surface area contributed by atoms with Gasteiger partial charge in [-0.3, -0.25) is 19.7 Å². The number of amides is 1. The lowest BCUT2D eigenvalue weighted by Crippen LogP contribution is -2.65. The number of hydrogen-bond acceptors (Lipinski definition) is 7. The number of morpholine rings is 1. The van der Waals surface area contributed by atoms with E-state index in [4.69, 9.17) is 9.47 Å². The summed E-state index contributed by atoms with van der Waals surface area (Å²) in [5.41, 5.74) is 0.338. The van der Waals surface area contributed by atoms with Crippen LogP contribution in [0.15, 0.2) is 53.3 Å². The van der Waals surface area contributed by atoms with Crippen molar-refractivity contribution in [2.24, 2.45) is 4.99 Å². The summed E-state index contributed by atoms with van der Waals surface area (Å²) in [6.45, 7) is 4.86. The SMILES string of the molecule is CC1=C(c2ccc(CC3(O)CCOCC3)nc2)CC(NC(=O)c2cccc(C(F)(F)F)c2)(N2CCOCC2)C=N1. The molecule has 0 bridgehead atoms. The molecule has 8 nitrogen and oxygen atoms in total. The van der Waals surface area contributed by atoms with E-state index < -0.39 is 28.9 Å². The molecule has 2 saturated heterocycles. The Morgan fingerprint density at radius 3 is 2.50 bits per heavy atom. The second-order valence-corrected chi connectivity index (χ2v) is 10.6. The van der Waals surface area contributed by atoms with Gasteiger partial charge in [-0.15, -0.1) is 0 Å². The van der Waals surface area contributed by atoms with Crippen LogP contribution >= 0.6 is 0 Å². The topological polar surface area (TPSA) is 96.3 Å². The van der Waals surface area contributed by atoms with Crippen LogP contribution in [0.1, 0.15) is 53.4 Å². The smallest absolute Gasteiger partial charge is 0.389 e. The number of carbonyl (C=O) groups is 1. The molecule has 2 fully saturated rings. The van der Waals surface area contributed by atoms with E-state index in [1.54, 1.807) is 12.4 Å². The highest BCUT2D eigenvalue weighted by atomic mass is 19.4. The van der Waals surface area contributed by atoms with E-state index in [0.29, 0.717) is 65.2 Å². The molecule has 11 heteroatoms. The third kappa shape index (κ3) is 6.27. The van der Waals surface area contributed by atoms with Gasteiger partial charge in [-0.25, -0.2) is 0 Å². The van der Waals surface area contributed by atoms with E-state index in [0.717, 1.165) is 34.7 Å². The molecule has 214 valence electrons. The Morgan fingerprint density at radius 1 is 1.10 bits per heavy atom. The van der Waals surface area contributed by atoms with Crippen molar-refractivity contribution in [3.63, 3.8) is 0 Å². The van der Waals surface area contributed by atoms with E-state index in [-0.39, 0.29) is 5.56 Å². The highest BCUT2D eigenvalue weighted by molar-refractivity contribution is 5.98. The van der Waals surface area contributed by atoms with Crippen molar-refractivity contribution in [2.45, 2.75) is 50.0 Å². The van der Waals surface area contributed by atoms with E-state index in [1.165, 1.54) is 12.1 Å². The Balaban J connectivity index is 1.40. The van der Waals surface area contributed by atoms with Crippen molar-refractivity contribution in [2.75, 3.05) is 39.5 Å². The molecule has 40 heavy (non-hydrogen) atoms. The summed E-state index contributed by atoms with van der Waals surface area (Å²) in [7, 11) is 0. The number of carbonyl (C=O) groups excluding carboxylic acids is 1. The van der Waals surface area contributed by atoms with Gasteiger partial charge in [0.05, 0.1) is 24.4 Å².